The molecule has 1 aromatic heterocycles. The molecule has 0 saturated heterocycles. The van der Waals surface area contributed by atoms with Gasteiger partial charge < -0.3 is 11.1 Å². The number of anilines is 1. The minimum absolute atomic E-state index is 0.417. The van der Waals surface area contributed by atoms with Crippen LogP contribution in [0.2, 0.25) is 0 Å². The Balaban J connectivity index is 2.98. The molecule has 0 aliphatic carbocycles. The zero-order valence-electron chi connectivity index (χ0n) is 9.77. The maximum Gasteiger partial charge on any atom is 0.433 e. The van der Waals surface area contributed by atoms with Crippen LogP contribution in [0.4, 0.5) is 32.2 Å². The first-order valence-corrected chi connectivity index (χ1v) is 5.19. The second-order valence-corrected chi connectivity index (χ2v) is 3.75. The number of pyridine rings is 1. The summed E-state index contributed by atoms with van der Waals surface area (Å²) in [5.74, 6) is -1.72. The third kappa shape index (κ3) is 4.59. The second kappa shape index (κ2) is 5.55. The first-order valence-electron chi connectivity index (χ1n) is 5.19. The summed E-state index contributed by atoms with van der Waals surface area (Å²) in [5.41, 5.74) is 3.16. The van der Waals surface area contributed by atoms with Gasteiger partial charge in [0.05, 0.1) is 12.0 Å². The van der Waals surface area contributed by atoms with Crippen LogP contribution in [0.3, 0.4) is 0 Å². The highest BCUT2D eigenvalue weighted by atomic mass is 19.4. The number of halogens is 6. The Morgan fingerprint density at radius 2 is 1.80 bits per heavy atom. The number of rotatable bonds is 4. The third-order valence-electron chi connectivity index (χ3n) is 2.15. The van der Waals surface area contributed by atoms with Crippen molar-refractivity contribution >= 4 is 11.7 Å². The molecule has 1 heterocycles. The number of aromatic nitrogens is 1. The molecule has 0 aliphatic heterocycles. The maximum absolute atomic E-state index is 12.4. The predicted octanol–water partition coefficient (Wildman–Crippen LogP) is 2.56. The van der Waals surface area contributed by atoms with E-state index in [1.807, 2.05) is 5.32 Å². The lowest BCUT2D eigenvalue weighted by atomic mass is 10.2. The van der Waals surface area contributed by atoms with Gasteiger partial charge >= 0.3 is 12.4 Å². The van der Waals surface area contributed by atoms with Crippen molar-refractivity contribution in [2.75, 3.05) is 11.9 Å². The molecule has 0 saturated carbocycles. The molecular formula is C10H9F6N3O. The predicted molar refractivity (Wildman–Crippen MR) is 56.9 cm³/mol. The van der Waals surface area contributed by atoms with Gasteiger partial charge in [-0.3, -0.25) is 4.79 Å². The molecule has 0 aromatic carbocycles. The maximum atomic E-state index is 12.4. The van der Waals surface area contributed by atoms with Crippen molar-refractivity contribution in [3.05, 3.63) is 23.4 Å². The highest BCUT2D eigenvalue weighted by Crippen LogP contribution is 2.29. The average Bonchev–Trinajstić information content (AvgIpc) is 2.25. The fourth-order valence-electron chi connectivity index (χ4n) is 1.27. The van der Waals surface area contributed by atoms with Crippen molar-refractivity contribution in [1.82, 2.24) is 4.98 Å². The van der Waals surface area contributed by atoms with E-state index >= 15 is 0 Å². The number of nitrogens with two attached hydrogens (primary N) is 1. The van der Waals surface area contributed by atoms with Gasteiger partial charge in [-0.1, -0.05) is 0 Å². The molecule has 112 valence electrons. The van der Waals surface area contributed by atoms with E-state index in [-0.39, 0.29) is 0 Å². The van der Waals surface area contributed by atoms with E-state index in [4.69, 9.17) is 5.73 Å². The molecule has 1 amide bonds. The Morgan fingerprint density at radius 3 is 2.25 bits per heavy atom. The molecule has 0 atom stereocenters. The lowest BCUT2D eigenvalue weighted by molar-refractivity contribution is -0.141. The largest absolute Gasteiger partial charge is 0.433 e. The van der Waals surface area contributed by atoms with Crippen LogP contribution in [0.15, 0.2) is 12.1 Å². The number of alkyl halides is 6. The Bertz CT molecular complexity index is 497. The van der Waals surface area contributed by atoms with Crippen LogP contribution in [-0.4, -0.2) is 23.6 Å². The first kappa shape index (κ1) is 16.1. The fraction of sp³-hybridized carbons (Fsp3) is 0.400. The van der Waals surface area contributed by atoms with Crippen molar-refractivity contribution in [3.63, 3.8) is 0 Å². The smallest absolute Gasteiger partial charge is 0.369 e. The van der Waals surface area contributed by atoms with E-state index in [1.165, 1.54) is 0 Å². The monoisotopic (exact) mass is 301 g/mol. The summed E-state index contributed by atoms with van der Waals surface area (Å²) >= 11 is 0. The van der Waals surface area contributed by atoms with Crippen LogP contribution in [-0.2, 0) is 6.18 Å². The van der Waals surface area contributed by atoms with Gasteiger partial charge in [0.1, 0.15) is 11.5 Å². The molecule has 0 aliphatic rings. The van der Waals surface area contributed by atoms with Crippen LogP contribution >= 0.6 is 0 Å². The molecule has 0 spiro atoms. The van der Waals surface area contributed by atoms with Crippen LogP contribution in [0.5, 0.6) is 0 Å². The van der Waals surface area contributed by atoms with E-state index < -0.39 is 48.3 Å². The number of nitrogens with one attached hydrogen (secondary N) is 1. The molecule has 0 radical (unpaired) electrons. The molecule has 0 unspecified atom stereocenters. The Hall–Kier alpha value is -2.00. The third-order valence-corrected chi connectivity index (χ3v) is 2.15. The summed E-state index contributed by atoms with van der Waals surface area (Å²) in [6.45, 7) is -0.724. The van der Waals surface area contributed by atoms with Crippen LogP contribution < -0.4 is 11.1 Å². The van der Waals surface area contributed by atoms with E-state index in [2.05, 4.69) is 4.98 Å². The van der Waals surface area contributed by atoms with Crippen molar-refractivity contribution in [1.29, 1.82) is 0 Å². The van der Waals surface area contributed by atoms with Crippen LogP contribution in [0.1, 0.15) is 22.5 Å². The quantitative estimate of drug-likeness (QED) is 0.840. The van der Waals surface area contributed by atoms with Crippen LogP contribution in [0.25, 0.3) is 0 Å². The Labute approximate surface area is 109 Å². The van der Waals surface area contributed by atoms with Gasteiger partial charge in [-0.2, -0.15) is 26.3 Å². The van der Waals surface area contributed by atoms with Crippen molar-refractivity contribution in [2.45, 2.75) is 18.8 Å². The summed E-state index contributed by atoms with van der Waals surface area (Å²) in [4.78, 5) is 14.1. The zero-order chi connectivity index (χ0) is 15.6. The number of hydrogen-bond acceptors (Lipinski definition) is 3. The van der Waals surface area contributed by atoms with Crippen LogP contribution in [0, 0.1) is 0 Å². The highest BCUT2D eigenvalue weighted by Gasteiger charge is 2.33. The highest BCUT2D eigenvalue weighted by molar-refractivity contribution is 5.97. The van der Waals surface area contributed by atoms with Gasteiger partial charge in [0, 0.05) is 6.54 Å². The first-order chi connectivity index (χ1) is 9.00. The van der Waals surface area contributed by atoms with Gasteiger partial charge in [-0.15, -0.1) is 0 Å². The van der Waals surface area contributed by atoms with Gasteiger partial charge in [0.25, 0.3) is 5.91 Å². The van der Waals surface area contributed by atoms with Crippen molar-refractivity contribution in [2.24, 2.45) is 5.73 Å². The Kier molecular flexibility index (Phi) is 4.46. The van der Waals surface area contributed by atoms with Crippen molar-refractivity contribution in [3.8, 4) is 0 Å². The van der Waals surface area contributed by atoms with Crippen molar-refractivity contribution < 1.29 is 31.1 Å². The lowest BCUT2D eigenvalue weighted by Crippen LogP contribution is -2.20. The standard InChI is InChI=1S/C10H9F6N3O/c11-9(12,13)3-4-18-8-5(7(17)20)1-2-6(19-8)10(14,15)16/h1-2H,3-4H2,(H2,17,20)(H,18,19). The Morgan fingerprint density at radius 1 is 1.20 bits per heavy atom. The molecular weight excluding hydrogens is 292 g/mol. The molecule has 0 bridgehead atoms. The van der Waals surface area contributed by atoms with E-state index in [0.29, 0.717) is 6.07 Å². The number of nitrogens with zero attached hydrogens (tertiary/aromatic N) is 1. The number of amides is 1. The van der Waals surface area contributed by atoms with Gasteiger partial charge in [-0.25, -0.2) is 4.98 Å². The number of primary amides is 1. The summed E-state index contributed by atoms with van der Waals surface area (Å²) in [6, 6.07) is 1.28. The van der Waals surface area contributed by atoms with Gasteiger partial charge in [0.2, 0.25) is 0 Å². The van der Waals surface area contributed by atoms with Gasteiger partial charge in [0.15, 0.2) is 0 Å². The topological polar surface area (TPSA) is 68.0 Å². The summed E-state index contributed by atoms with van der Waals surface area (Å²) in [6.07, 6.45) is -10.6. The fourth-order valence-corrected chi connectivity index (χ4v) is 1.27. The van der Waals surface area contributed by atoms with Gasteiger partial charge in [-0.05, 0) is 12.1 Å². The molecule has 10 heteroatoms. The second-order valence-electron chi connectivity index (χ2n) is 3.75. The molecule has 3 N–H and O–H groups in total. The van der Waals surface area contributed by atoms with E-state index in [1.54, 1.807) is 0 Å². The molecule has 20 heavy (non-hydrogen) atoms. The number of carbonyl (C=O) groups excluding carboxylic acids is 1. The summed E-state index contributed by atoms with van der Waals surface area (Å²) in [7, 11) is 0. The zero-order valence-corrected chi connectivity index (χ0v) is 9.77. The minimum atomic E-state index is -4.78. The summed E-state index contributed by atoms with van der Waals surface area (Å²) in [5, 5.41) is 2.03. The molecule has 1 rings (SSSR count). The summed E-state index contributed by atoms with van der Waals surface area (Å²) < 4.78 is 73.1. The molecule has 4 nitrogen and oxygen atoms in total. The number of hydrogen-bond donors (Lipinski definition) is 2. The average molecular weight is 301 g/mol. The normalized spacial score (nSPS) is 12.3. The van der Waals surface area contributed by atoms with E-state index in [0.717, 1.165) is 6.07 Å². The SMILES string of the molecule is NC(=O)c1ccc(C(F)(F)F)nc1NCCC(F)(F)F. The van der Waals surface area contributed by atoms with E-state index in [9.17, 15) is 31.1 Å². The minimum Gasteiger partial charge on any atom is -0.369 e. The molecule has 0 fully saturated rings. The number of carbonyl (C=O) groups is 1. The lowest BCUT2D eigenvalue weighted by Gasteiger charge is -2.13. The molecule has 1 aromatic rings.